The van der Waals surface area contributed by atoms with Crippen LogP contribution in [-0.2, 0) is 7.05 Å². The number of halogens is 1. The minimum Gasteiger partial charge on any atom is -0.344 e. The highest BCUT2D eigenvalue weighted by Gasteiger charge is 2.16. The van der Waals surface area contributed by atoms with Crippen LogP contribution in [0.15, 0.2) is 29.0 Å². The molecule has 0 fully saturated rings. The van der Waals surface area contributed by atoms with Crippen molar-refractivity contribution in [2.45, 2.75) is 19.9 Å². The molecule has 1 atom stereocenters. The van der Waals surface area contributed by atoms with E-state index in [0.29, 0.717) is 10.3 Å². The lowest BCUT2D eigenvalue weighted by Crippen LogP contribution is -2.27. The van der Waals surface area contributed by atoms with Crippen LogP contribution in [0, 0.1) is 6.92 Å². The quantitative estimate of drug-likeness (QED) is 0.882. The molecular weight excluding hydrogens is 308 g/mol. The molecule has 2 aromatic rings. The minimum absolute atomic E-state index is 0.109. The molecule has 0 spiro atoms. The summed E-state index contributed by atoms with van der Waals surface area (Å²) >= 11 is 3.25. The highest BCUT2D eigenvalue weighted by atomic mass is 79.9. The molecule has 5 nitrogen and oxygen atoms in total. The van der Waals surface area contributed by atoms with Crippen molar-refractivity contribution in [2.75, 3.05) is 0 Å². The normalized spacial score (nSPS) is 12.2. The highest BCUT2D eigenvalue weighted by molar-refractivity contribution is 9.10. The van der Waals surface area contributed by atoms with E-state index in [4.69, 9.17) is 0 Å². The van der Waals surface area contributed by atoms with E-state index < -0.39 is 0 Å². The molecule has 100 valence electrons. The Balaban J connectivity index is 2.13. The van der Waals surface area contributed by atoms with Crippen LogP contribution in [0.25, 0.3) is 0 Å². The second kappa shape index (κ2) is 5.52. The van der Waals surface area contributed by atoms with E-state index in [9.17, 15) is 4.79 Å². The summed E-state index contributed by atoms with van der Waals surface area (Å²) in [6.45, 7) is 3.91. The topological polar surface area (TPSA) is 59.8 Å². The molecule has 1 amide bonds. The number of hydrogen-bond donors (Lipinski definition) is 1. The van der Waals surface area contributed by atoms with Crippen LogP contribution in [0.3, 0.4) is 0 Å². The van der Waals surface area contributed by atoms with Crippen LogP contribution >= 0.6 is 15.9 Å². The van der Waals surface area contributed by atoms with Gasteiger partial charge in [-0.1, -0.05) is 6.07 Å². The number of carbonyl (C=O) groups is 1. The Bertz CT molecular complexity index is 608. The first kappa shape index (κ1) is 13.7. The first-order chi connectivity index (χ1) is 8.99. The summed E-state index contributed by atoms with van der Waals surface area (Å²) in [5, 5.41) is 7.09. The largest absolute Gasteiger partial charge is 0.344 e. The maximum absolute atomic E-state index is 12.1. The SMILES string of the molecule is Cc1c(C(C)NC(=O)c2cccc(Br)n2)cnn1C. The summed E-state index contributed by atoms with van der Waals surface area (Å²) in [5.41, 5.74) is 2.43. The fourth-order valence-electron chi connectivity index (χ4n) is 1.82. The number of aromatic nitrogens is 3. The Kier molecular flexibility index (Phi) is 3.99. The third-order valence-corrected chi connectivity index (χ3v) is 3.48. The summed E-state index contributed by atoms with van der Waals surface area (Å²) in [6.07, 6.45) is 1.77. The smallest absolute Gasteiger partial charge is 0.270 e. The van der Waals surface area contributed by atoms with Gasteiger partial charge in [-0.15, -0.1) is 0 Å². The third-order valence-electron chi connectivity index (χ3n) is 3.04. The average Bonchev–Trinajstić information content (AvgIpc) is 2.70. The van der Waals surface area contributed by atoms with Gasteiger partial charge >= 0.3 is 0 Å². The number of nitrogens with one attached hydrogen (secondary N) is 1. The zero-order chi connectivity index (χ0) is 14.0. The number of aryl methyl sites for hydroxylation is 1. The molecule has 0 saturated carbocycles. The standard InChI is InChI=1S/C13H15BrN4O/c1-8(10-7-15-18(3)9(10)2)16-13(19)11-5-4-6-12(14)17-11/h4-8H,1-3H3,(H,16,19). The van der Waals surface area contributed by atoms with Gasteiger partial charge in [-0.3, -0.25) is 9.48 Å². The fraction of sp³-hybridized carbons (Fsp3) is 0.308. The highest BCUT2D eigenvalue weighted by Crippen LogP contribution is 2.16. The van der Waals surface area contributed by atoms with Crippen molar-refractivity contribution in [3.63, 3.8) is 0 Å². The Morgan fingerprint density at radius 2 is 2.21 bits per heavy atom. The van der Waals surface area contributed by atoms with E-state index in [1.165, 1.54) is 0 Å². The van der Waals surface area contributed by atoms with Crippen LogP contribution in [-0.4, -0.2) is 20.7 Å². The molecule has 0 aliphatic heterocycles. The molecule has 2 aromatic heterocycles. The van der Waals surface area contributed by atoms with Gasteiger partial charge in [-0.05, 0) is 41.9 Å². The zero-order valence-corrected chi connectivity index (χ0v) is 12.6. The predicted octanol–water partition coefficient (Wildman–Crippen LogP) is 2.38. The third kappa shape index (κ3) is 3.01. The van der Waals surface area contributed by atoms with E-state index in [1.54, 1.807) is 29.1 Å². The summed E-state index contributed by atoms with van der Waals surface area (Å²) < 4.78 is 2.43. The van der Waals surface area contributed by atoms with Crippen LogP contribution < -0.4 is 5.32 Å². The molecule has 1 unspecified atom stereocenters. The Labute approximate surface area is 120 Å². The molecule has 19 heavy (non-hydrogen) atoms. The maximum Gasteiger partial charge on any atom is 0.270 e. The average molecular weight is 323 g/mol. The second-order valence-corrected chi connectivity index (χ2v) is 5.16. The molecule has 0 radical (unpaired) electrons. The van der Waals surface area contributed by atoms with Crippen molar-refractivity contribution in [1.82, 2.24) is 20.1 Å². The molecule has 0 aromatic carbocycles. The Morgan fingerprint density at radius 3 is 2.79 bits per heavy atom. The number of pyridine rings is 1. The van der Waals surface area contributed by atoms with Crippen LogP contribution in [0.1, 0.15) is 34.7 Å². The lowest BCUT2D eigenvalue weighted by molar-refractivity contribution is 0.0934. The molecule has 0 saturated heterocycles. The monoisotopic (exact) mass is 322 g/mol. The molecule has 2 rings (SSSR count). The Morgan fingerprint density at radius 1 is 1.47 bits per heavy atom. The fourth-order valence-corrected chi connectivity index (χ4v) is 2.17. The van der Waals surface area contributed by atoms with Gasteiger partial charge in [0, 0.05) is 18.3 Å². The summed E-state index contributed by atoms with van der Waals surface area (Å²) in [6, 6.07) is 5.14. The molecule has 2 heterocycles. The summed E-state index contributed by atoms with van der Waals surface area (Å²) in [7, 11) is 1.88. The van der Waals surface area contributed by atoms with Gasteiger partial charge < -0.3 is 5.32 Å². The first-order valence-corrected chi connectivity index (χ1v) is 6.70. The van der Waals surface area contributed by atoms with Gasteiger partial charge in [0.2, 0.25) is 0 Å². The molecule has 6 heteroatoms. The molecular formula is C13H15BrN4O. The van der Waals surface area contributed by atoms with Crippen LogP contribution in [0.5, 0.6) is 0 Å². The van der Waals surface area contributed by atoms with Crippen molar-refractivity contribution >= 4 is 21.8 Å². The predicted molar refractivity (Wildman–Crippen MR) is 75.8 cm³/mol. The summed E-state index contributed by atoms with van der Waals surface area (Å²) in [4.78, 5) is 16.2. The number of rotatable bonds is 3. The van der Waals surface area contributed by atoms with Crippen LogP contribution in [0.2, 0.25) is 0 Å². The van der Waals surface area contributed by atoms with Crippen molar-refractivity contribution in [1.29, 1.82) is 0 Å². The van der Waals surface area contributed by atoms with E-state index in [-0.39, 0.29) is 11.9 Å². The molecule has 1 N–H and O–H groups in total. The number of amides is 1. The van der Waals surface area contributed by atoms with E-state index in [2.05, 4.69) is 31.3 Å². The number of nitrogens with zero attached hydrogens (tertiary/aromatic N) is 3. The van der Waals surface area contributed by atoms with Crippen molar-refractivity contribution in [3.05, 3.63) is 46.0 Å². The van der Waals surface area contributed by atoms with Gasteiger partial charge in [0.25, 0.3) is 5.91 Å². The molecule has 0 bridgehead atoms. The van der Waals surface area contributed by atoms with Gasteiger partial charge in [0.1, 0.15) is 10.3 Å². The lowest BCUT2D eigenvalue weighted by atomic mass is 10.1. The van der Waals surface area contributed by atoms with E-state index in [1.807, 2.05) is 20.9 Å². The zero-order valence-electron chi connectivity index (χ0n) is 11.0. The minimum atomic E-state index is -0.197. The van der Waals surface area contributed by atoms with Gasteiger partial charge in [0.15, 0.2) is 0 Å². The first-order valence-electron chi connectivity index (χ1n) is 5.91. The van der Waals surface area contributed by atoms with Gasteiger partial charge in [-0.2, -0.15) is 5.10 Å². The molecule has 0 aliphatic carbocycles. The van der Waals surface area contributed by atoms with Crippen molar-refractivity contribution in [3.8, 4) is 0 Å². The number of hydrogen-bond acceptors (Lipinski definition) is 3. The summed E-state index contributed by atoms with van der Waals surface area (Å²) in [5.74, 6) is -0.197. The lowest BCUT2D eigenvalue weighted by Gasteiger charge is -2.13. The second-order valence-electron chi connectivity index (χ2n) is 4.35. The van der Waals surface area contributed by atoms with Gasteiger partial charge in [0.05, 0.1) is 12.2 Å². The van der Waals surface area contributed by atoms with Crippen molar-refractivity contribution < 1.29 is 4.79 Å². The maximum atomic E-state index is 12.1. The number of carbonyl (C=O) groups excluding carboxylic acids is 1. The van der Waals surface area contributed by atoms with Gasteiger partial charge in [-0.25, -0.2) is 4.98 Å². The van der Waals surface area contributed by atoms with E-state index >= 15 is 0 Å². The van der Waals surface area contributed by atoms with Crippen molar-refractivity contribution in [2.24, 2.45) is 7.05 Å². The van der Waals surface area contributed by atoms with E-state index in [0.717, 1.165) is 11.3 Å². The Hall–Kier alpha value is -1.69. The van der Waals surface area contributed by atoms with Crippen LogP contribution in [0.4, 0.5) is 0 Å². The molecule has 0 aliphatic rings.